The largest absolute Gasteiger partial charge is 0.489 e. The fraction of sp³-hybridized carbons (Fsp3) is 0.200. The third-order valence-electron chi connectivity index (χ3n) is 7.22. The first-order valence-electron chi connectivity index (χ1n) is 12.8. The zero-order valence-electron chi connectivity index (χ0n) is 20.3. The number of aromatic amines is 2. The molecule has 1 aliphatic rings. The highest BCUT2D eigenvalue weighted by atomic mass is 16.5. The Balaban J connectivity index is 1.26. The Morgan fingerprint density at radius 3 is 2.57 bits per heavy atom. The molecule has 1 saturated carbocycles. The van der Waals surface area contributed by atoms with Crippen molar-refractivity contribution in [2.24, 2.45) is 0 Å². The van der Waals surface area contributed by atoms with Crippen molar-refractivity contribution in [3.8, 4) is 39.4 Å². The standard InChI is InChI=1S/C30H26N6O/c1-2-7-22(8-3-1)37-23-12-20(16-32-18-23)21-13-26-29(35-36-30(26)33-17-21)28-14-25-24(9-4-10-27(25)34-28)19-6-5-11-31-15-19/h4-6,9-18,22,34H,1-3,7-8H2,(H,33,35,36). The number of fused-ring (bicyclic) bond motifs is 2. The lowest BCUT2D eigenvalue weighted by molar-refractivity contribution is 0.154. The maximum Gasteiger partial charge on any atom is 0.181 e. The van der Waals surface area contributed by atoms with Gasteiger partial charge in [-0.05, 0) is 61.6 Å². The summed E-state index contributed by atoms with van der Waals surface area (Å²) < 4.78 is 6.25. The van der Waals surface area contributed by atoms with E-state index in [1.807, 2.05) is 24.7 Å². The molecule has 0 amide bonds. The fourth-order valence-electron chi connectivity index (χ4n) is 5.34. The van der Waals surface area contributed by atoms with Crippen molar-refractivity contribution in [2.75, 3.05) is 0 Å². The quantitative estimate of drug-likeness (QED) is 0.275. The van der Waals surface area contributed by atoms with Crippen LogP contribution in [0.5, 0.6) is 5.75 Å². The van der Waals surface area contributed by atoms with Crippen LogP contribution in [0.1, 0.15) is 32.1 Å². The second-order valence-electron chi connectivity index (χ2n) is 9.67. The van der Waals surface area contributed by atoms with Crippen LogP contribution in [0, 0.1) is 0 Å². The number of nitrogens with one attached hydrogen (secondary N) is 2. The van der Waals surface area contributed by atoms with Gasteiger partial charge in [0.2, 0.25) is 0 Å². The van der Waals surface area contributed by atoms with Crippen molar-refractivity contribution >= 4 is 21.9 Å². The third kappa shape index (κ3) is 4.12. The normalized spacial score (nSPS) is 14.4. The van der Waals surface area contributed by atoms with Gasteiger partial charge in [-0.2, -0.15) is 5.10 Å². The molecule has 0 aliphatic heterocycles. The van der Waals surface area contributed by atoms with E-state index < -0.39 is 0 Å². The van der Waals surface area contributed by atoms with E-state index in [9.17, 15) is 0 Å². The molecule has 5 aromatic heterocycles. The number of aromatic nitrogens is 6. The lowest BCUT2D eigenvalue weighted by Crippen LogP contribution is -2.19. The Kier molecular flexibility index (Phi) is 5.39. The van der Waals surface area contributed by atoms with Gasteiger partial charge in [0.15, 0.2) is 5.65 Å². The van der Waals surface area contributed by atoms with E-state index in [0.29, 0.717) is 5.65 Å². The molecule has 0 unspecified atom stereocenters. The van der Waals surface area contributed by atoms with Gasteiger partial charge in [-0.25, -0.2) is 4.98 Å². The van der Waals surface area contributed by atoms with Crippen molar-refractivity contribution in [1.29, 1.82) is 0 Å². The molecular formula is C30H26N6O. The van der Waals surface area contributed by atoms with Crippen LogP contribution in [0.2, 0.25) is 0 Å². The Labute approximate surface area is 214 Å². The van der Waals surface area contributed by atoms with Crippen LogP contribution in [0.4, 0.5) is 0 Å². The van der Waals surface area contributed by atoms with Crippen molar-refractivity contribution in [3.63, 3.8) is 0 Å². The van der Waals surface area contributed by atoms with E-state index in [-0.39, 0.29) is 6.10 Å². The number of pyridine rings is 3. The molecule has 0 radical (unpaired) electrons. The van der Waals surface area contributed by atoms with Gasteiger partial charge in [-0.1, -0.05) is 24.6 Å². The first kappa shape index (κ1) is 21.7. The maximum atomic E-state index is 6.25. The molecular weight excluding hydrogens is 460 g/mol. The summed E-state index contributed by atoms with van der Waals surface area (Å²) in [6.45, 7) is 0. The van der Waals surface area contributed by atoms with Gasteiger partial charge in [0.05, 0.1) is 23.7 Å². The van der Waals surface area contributed by atoms with Crippen LogP contribution in [-0.4, -0.2) is 36.2 Å². The summed E-state index contributed by atoms with van der Waals surface area (Å²) in [4.78, 5) is 16.9. The minimum atomic E-state index is 0.283. The highest BCUT2D eigenvalue weighted by Crippen LogP contribution is 2.35. The van der Waals surface area contributed by atoms with E-state index >= 15 is 0 Å². The van der Waals surface area contributed by atoms with Crippen LogP contribution in [-0.2, 0) is 0 Å². The van der Waals surface area contributed by atoms with Gasteiger partial charge >= 0.3 is 0 Å². The monoisotopic (exact) mass is 486 g/mol. The predicted molar refractivity (Wildman–Crippen MR) is 145 cm³/mol. The van der Waals surface area contributed by atoms with Crippen molar-refractivity contribution in [1.82, 2.24) is 30.1 Å². The smallest absolute Gasteiger partial charge is 0.181 e. The topological polar surface area (TPSA) is 92.4 Å². The lowest BCUT2D eigenvalue weighted by Gasteiger charge is -2.23. The van der Waals surface area contributed by atoms with E-state index in [4.69, 9.17) is 4.74 Å². The molecule has 1 fully saturated rings. The molecule has 0 atom stereocenters. The molecule has 7 nitrogen and oxygen atoms in total. The molecule has 182 valence electrons. The Hall–Kier alpha value is -4.52. The fourth-order valence-corrected chi connectivity index (χ4v) is 5.34. The van der Waals surface area contributed by atoms with Crippen molar-refractivity contribution in [3.05, 3.63) is 79.5 Å². The molecule has 5 heterocycles. The van der Waals surface area contributed by atoms with Gasteiger partial charge in [0.25, 0.3) is 0 Å². The van der Waals surface area contributed by atoms with Gasteiger partial charge in [-0.15, -0.1) is 0 Å². The summed E-state index contributed by atoms with van der Waals surface area (Å²) in [5, 5.41) is 9.75. The lowest BCUT2D eigenvalue weighted by atomic mass is 9.98. The van der Waals surface area contributed by atoms with Crippen molar-refractivity contribution in [2.45, 2.75) is 38.2 Å². The zero-order valence-corrected chi connectivity index (χ0v) is 20.3. The zero-order chi connectivity index (χ0) is 24.6. The Morgan fingerprint density at radius 2 is 1.68 bits per heavy atom. The SMILES string of the molecule is c1cncc(-c2cccc3[nH]c(-c4[nH]nc5ncc(-c6cncc(OC7CCCCC7)c6)cc45)cc23)c1. The van der Waals surface area contributed by atoms with E-state index in [1.54, 1.807) is 12.4 Å². The second-order valence-corrected chi connectivity index (χ2v) is 9.67. The van der Waals surface area contributed by atoms with Crippen LogP contribution in [0.25, 0.3) is 55.6 Å². The number of benzene rings is 1. The molecule has 0 bridgehead atoms. The molecule has 7 rings (SSSR count). The highest BCUT2D eigenvalue weighted by Gasteiger charge is 2.17. The number of ether oxygens (including phenoxy) is 1. The predicted octanol–water partition coefficient (Wildman–Crippen LogP) is 6.94. The average molecular weight is 487 g/mol. The minimum absolute atomic E-state index is 0.283. The second kappa shape index (κ2) is 9.17. The Bertz CT molecular complexity index is 1700. The Morgan fingerprint density at radius 1 is 0.784 bits per heavy atom. The summed E-state index contributed by atoms with van der Waals surface area (Å²) in [7, 11) is 0. The average Bonchev–Trinajstić information content (AvgIpc) is 3.58. The highest BCUT2D eigenvalue weighted by molar-refractivity contribution is 6.01. The summed E-state index contributed by atoms with van der Waals surface area (Å²) in [6, 6.07) is 16.7. The number of nitrogens with zero attached hydrogens (tertiary/aromatic N) is 4. The summed E-state index contributed by atoms with van der Waals surface area (Å²) >= 11 is 0. The molecule has 0 saturated heterocycles. The van der Waals surface area contributed by atoms with E-state index in [0.717, 1.165) is 68.5 Å². The molecule has 7 heteroatoms. The van der Waals surface area contributed by atoms with Crippen LogP contribution >= 0.6 is 0 Å². The van der Waals surface area contributed by atoms with Gasteiger partial charge in [0.1, 0.15) is 5.75 Å². The summed E-state index contributed by atoms with van der Waals surface area (Å²) in [5.41, 5.74) is 7.76. The molecule has 37 heavy (non-hydrogen) atoms. The summed E-state index contributed by atoms with van der Waals surface area (Å²) in [5.74, 6) is 0.815. The minimum Gasteiger partial charge on any atom is -0.489 e. The van der Waals surface area contributed by atoms with Crippen LogP contribution in [0.15, 0.2) is 79.5 Å². The van der Waals surface area contributed by atoms with E-state index in [2.05, 4.69) is 72.6 Å². The first-order valence-corrected chi connectivity index (χ1v) is 12.8. The summed E-state index contributed by atoms with van der Waals surface area (Å²) in [6.07, 6.45) is 15.5. The molecule has 1 aliphatic carbocycles. The number of rotatable bonds is 5. The molecule has 1 aromatic carbocycles. The van der Waals surface area contributed by atoms with Gasteiger partial charge in [0, 0.05) is 57.8 Å². The van der Waals surface area contributed by atoms with Gasteiger partial charge in [-0.3, -0.25) is 15.1 Å². The molecule has 2 N–H and O–H groups in total. The third-order valence-corrected chi connectivity index (χ3v) is 7.22. The number of hydrogen-bond acceptors (Lipinski definition) is 5. The van der Waals surface area contributed by atoms with Gasteiger partial charge < -0.3 is 9.72 Å². The van der Waals surface area contributed by atoms with Crippen LogP contribution < -0.4 is 4.74 Å². The molecule has 0 spiro atoms. The van der Waals surface area contributed by atoms with E-state index in [1.165, 1.54) is 19.3 Å². The number of hydrogen-bond donors (Lipinski definition) is 2. The number of H-pyrrole nitrogens is 2. The van der Waals surface area contributed by atoms with Crippen molar-refractivity contribution < 1.29 is 4.74 Å². The molecule has 6 aromatic rings. The van der Waals surface area contributed by atoms with Crippen LogP contribution in [0.3, 0.4) is 0 Å². The first-order chi connectivity index (χ1) is 18.3. The maximum absolute atomic E-state index is 6.25.